The molecule has 2 heterocycles. The van der Waals surface area contributed by atoms with E-state index in [1.807, 2.05) is 4.90 Å². The van der Waals surface area contributed by atoms with Gasteiger partial charge in [-0.1, -0.05) is 6.92 Å². The van der Waals surface area contributed by atoms with Crippen molar-refractivity contribution in [2.45, 2.75) is 19.8 Å². The Hall–Kier alpha value is -1.78. The number of hydrogen-bond donors (Lipinski definition) is 1. The molecule has 1 saturated carbocycles. The number of carbonyl (C=O) groups is 1. The molecule has 19 heavy (non-hydrogen) atoms. The number of amides is 1. The number of ether oxygens (including phenoxy) is 1. The topological polar surface area (TPSA) is 62.4 Å². The van der Waals surface area contributed by atoms with Crippen molar-refractivity contribution >= 4 is 5.91 Å². The van der Waals surface area contributed by atoms with E-state index in [0.717, 1.165) is 19.5 Å². The standard InChI is InChI=1S/C14H18N2O3/c1-3-14-5-9(14)7-16(8-14)13(18)10-4-11(17)12(19-2)6-15-10/h4,6,9H,3,5,7-8H2,1-2H3,(H,15,17). The number of nitrogens with zero attached hydrogens (tertiary/aromatic N) is 1. The maximum atomic E-state index is 12.3. The molecule has 1 aromatic heterocycles. The molecule has 0 aromatic carbocycles. The van der Waals surface area contributed by atoms with Crippen LogP contribution < -0.4 is 10.2 Å². The van der Waals surface area contributed by atoms with Crippen LogP contribution in [-0.4, -0.2) is 36.0 Å². The van der Waals surface area contributed by atoms with Gasteiger partial charge in [0.05, 0.1) is 7.11 Å². The molecular formula is C14H18N2O3. The molecule has 0 bridgehead atoms. The van der Waals surface area contributed by atoms with E-state index in [9.17, 15) is 9.59 Å². The Kier molecular flexibility index (Phi) is 2.66. The summed E-state index contributed by atoms with van der Waals surface area (Å²) in [4.78, 5) is 28.7. The second-order valence-corrected chi connectivity index (χ2v) is 5.58. The third-order valence-electron chi connectivity index (χ3n) is 4.62. The molecule has 1 saturated heterocycles. The van der Waals surface area contributed by atoms with Crippen molar-refractivity contribution in [2.75, 3.05) is 20.2 Å². The van der Waals surface area contributed by atoms with E-state index in [2.05, 4.69) is 11.9 Å². The highest BCUT2D eigenvalue weighted by molar-refractivity contribution is 5.92. The lowest BCUT2D eigenvalue weighted by molar-refractivity contribution is 0.0758. The van der Waals surface area contributed by atoms with Gasteiger partial charge in [0, 0.05) is 25.4 Å². The van der Waals surface area contributed by atoms with Crippen LogP contribution in [0.1, 0.15) is 30.3 Å². The van der Waals surface area contributed by atoms with Crippen LogP contribution in [0.25, 0.3) is 0 Å². The van der Waals surface area contributed by atoms with E-state index >= 15 is 0 Å². The minimum absolute atomic E-state index is 0.0835. The van der Waals surface area contributed by atoms with E-state index < -0.39 is 0 Å². The number of H-pyrrole nitrogens is 1. The first kappa shape index (κ1) is 12.3. The predicted octanol–water partition coefficient (Wildman–Crippen LogP) is 1.26. The molecule has 2 fully saturated rings. The zero-order valence-electron chi connectivity index (χ0n) is 11.2. The molecule has 0 radical (unpaired) electrons. The van der Waals surface area contributed by atoms with Gasteiger partial charge in [-0.3, -0.25) is 9.59 Å². The Morgan fingerprint density at radius 3 is 3.00 bits per heavy atom. The van der Waals surface area contributed by atoms with Crippen molar-refractivity contribution in [3.8, 4) is 5.75 Å². The Balaban J connectivity index is 1.78. The number of carbonyl (C=O) groups excluding carboxylic acids is 1. The molecule has 1 N–H and O–H groups in total. The largest absolute Gasteiger partial charge is 0.491 e. The van der Waals surface area contributed by atoms with Crippen LogP contribution in [0.5, 0.6) is 5.75 Å². The van der Waals surface area contributed by atoms with Gasteiger partial charge in [-0.2, -0.15) is 0 Å². The van der Waals surface area contributed by atoms with Crippen molar-refractivity contribution in [2.24, 2.45) is 11.3 Å². The zero-order valence-corrected chi connectivity index (χ0v) is 11.2. The number of aromatic nitrogens is 1. The Morgan fingerprint density at radius 2 is 2.42 bits per heavy atom. The number of piperidine rings is 1. The Morgan fingerprint density at radius 1 is 1.63 bits per heavy atom. The van der Waals surface area contributed by atoms with Gasteiger partial charge in [-0.05, 0) is 24.2 Å². The predicted molar refractivity (Wildman–Crippen MR) is 70.3 cm³/mol. The average molecular weight is 262 g/mol. The fourth-order valence-electron chi connectivity index (χ4n) is 3.21. The number of likely N-dealkylation sites (tertiary alicyclic amines) is 1. The van der Waals surface area contributed by atoms with Gasteiger partial charge >= 0.3 is 0 Å². The van der Waals surface area contributed by atoms with Crippen molar-refractivity contribution in [1.29, 1.82) is 0 Å². The molecule has 1 aliphatic carbocycles. The number of fused-ring (bicyclic) bond motifs is 1. The molecule has 1 aliphatic heterocycles. The normalized spacial score (nSPS) is 28.1. The molecule has 0 spiro atoms. The van der Waals surface area contributed by atoms with Gasteiger partial charge < -0.3 is 14.6 Å². The first-order valence-corrected chi connectivity index (χ1v) is 6.65. The van der Waals surface area contributed by atoms with Crippen LogP contribution in [0, 0.1) is 11.3 Å². The summed E-state index contributed by atoms with van der Waals surface area (Å²) in [7, 11) is 1.44. The van der Waals surface area contributed by atoms with Gasteiger partial charge in [0.2, 0.25) is 5.43 Å². The first-order chi connectivity index (χ1) is 9.09. The van der Waals surface area contributed by atoms with Gasteiger partial charge in [0.15, 0.2) is 5.75 Å². The summed E-state index contributed by atoms with van der Waals surface area (Å²) in [5.74, 6) is 0.803. The highest BCUT2D eigenvalue weighted by atomic mass is 16.5. The van der Waals surface area contributed by atoms with Crippen LogP contribution in [0.3, 0.4) is 0 Å². The van der Waals surface area contributed by atoms with Gasteiger partial charge in [-0.25, -0.2) is 0 Å². The molecule has 2 atom stereocenters. The molecule has 102 valence electrons. The summed E-state index contributed by atoms with van der Waals surface area (Å²) >= 11 is 0. The first-order valence-electron chi connectivity index (χ1n) is 6.65. The van der Waals surface area contributed by atoms with Crippen molar-refractivity contribution in [1.82, 2.24) is 9.88 Å². The smallest absolute Gasteiger partial charge is 0.270 e. The zero-order chi connectivity index (χ0) is 13.6. The molecule has 3 rings (SSSR count). The van der Waals surface area contributed by atoms with Crippen LogP contribution in [0.15, 0.2) is 17.1 Å². The Bertz CT molecular complexity index is 576. The van der Waals surface area contributed by atoms with Gasteiger partial charge in [0.25, 0.3) is 5.91 Å². The van der Waals surface area contributed by atoms with Gasteiger partial charge in [-0.15, -0.1) is 0 Å². The highest BCUT2D eigenvalue weighted by Gasteiger charge is 2.59. The SMILES string of the molecule is CCC12CC1CN(C(=O)c1cc(=O)c(OC)c[nH]1)C2. The summed E-state index contributed by atoms with van der Waals surface area (Å²) in [5, 5.41) is 0. The van der Waals surface area contributed by atoms with E-state index in [-0.39, 0.29) is 17.1 Å². The van der Waals surface area contributed by atoms with E-state index in [1.54, 1.807) is 0 Å². The van der Waals surface area contributed by atoms with Crippen molar-refractivity contribution in [3.05, 3.63) is 28.2 Å². The van der Waals surface area contributed by atoms with Crippen molar-refractivity contribution < 1.29 is 9.53 Å². The molecule has 2 unspecified atom stereocenters. The molecule has 2 aliphatic rings. The summed E-state index contributed by atoms with van der Waals surface area (Å²) in [6, 6.07) is 1.32. The van der Waals surface area contributed by atoms with E-state index in [1.165, 1.54) is 25.8 Å². The van der Waals surface area contributed by atoms with Crippen LogP contribution >= 0.6 is 0 Å². The number of hydrogen-bond acceptors (Lipinski definition) is 3. The second-order valence-electron chi connectivity index (χ2n) is 5.58. The summed E-state index contributed by atoms with van der Waals surface area (Å²) in [6.07, 6.45) is 3.81. The minimum Gasteiger partial charge on any atom is -0.491 e. The number of pyridine rings is 1. The fourth-order valence-corrected chi connectivity index (χ4v) is 3.21. The number of methoxy groups -OCH3 is 1. The summed E-state index contributed by atoms with van der Waals surface area (Å²) in [5.41, 5.74) is 0.445. The second kappa shape index (κ2) is 4.11. The maximum absolute atomic E-state index is 12.3. The van der Waals surface area contributed by atoms with Crippen LogP contribution in [-0.2, 0) is 0 Å². The van der Waals surface area contributed by atoms with Gasteiger partial charge in [0.1, 0.15) is 5.69 Å². The average Bonchev–Trinajstić information content (AvgIpc) is 2.99. The molecule has 1 amide bonds. The number of nitrogens with one attached hydrogen (secondary N) is 1. The van der Waals surface area contributed by atoms with Crippen molar-refractivity contribution in [3.63, 3.8) is 0 Å². The van der Waals surface area contributed by atoms with Crippen LogP contribution in [0.2, 0.25) is 0 Å². The third-order valence-corrected chi connectivity index (χ3v) is 4.62. The summed E-state index contributed by atoms with van der Waals surface area (Å²) in [6.45, 7) is 3.82. The van der Waals surface area contributed by atoms with E-state index in [0.29, 0.717) is 17.0 Å². The third kappa shape index (κ3) is 1.84. The molecule has 5 heteroatoms. The fraction of sp³-hybridized carbons (Fsp3) is 0.571. The number of aromatic amines is 1. The molecular weight excluding hydrogens is 244 g/mol. The van der Waals surface area contributed by atoms with E-state index in [4.69, 9.17) is 4.74 Å². The molecule has 5 nitrogen and oxygen atoms in total. The lowest BCUT2D eigenvalue weighted by Crippen LogP contribution is -2.33. The van der Waals surface area contributed by atoms with Crippen LogP contribution in [0.4, 0.5) is 0 Å². The minimum atomic E-state index is -0.265. The Labute approximate surface area is 111 Å². The highest BCUT2D eigenvalue weighted by Crippen LogP contribution is 2.59. The number of rotatable bonds is 3. The lowest BCUT2D eigenvalue weighted by atomic mass is 10.0. The summed E-state index contributed by atoms with van der Waals surface area (Å²) < 4.78 is 4.89. The maximum Gasteiger partial charge on any atom is 0.270 e. The monoisotopic (exact) mass is 262 g/mol. The quantitative estimate of drug-likeness (QED) is 0.892. The molecule has 1 aromatic rings. The lowest BCUT2D eigenvalue weighted by Gasteiger charge is -2.20.